The smallest absolute Gasteiger partial charge is 0.254 e. The Bertz CT molecular complexity index is 1170. The summed E-state index contributed by atoms with van der Waals surface area (Å²) in [4.78, 5) is 23.1. The molecule has 2 aliphatic rings. The van der Waals surface area contributed by atoms with E-state index >= 15 is 4.39 Å². The van der Waals surface area contributed by atoms with Gasteiger partial charge in [0.2, 0.25) is 0 Å². The molecule has 2 aromatic heterocycles. The van der Waals surface area contributed by atoms with Crippen molar-refractivity contribution in [2.75, 3.05) is 11.9 Å². The van der Waals surface area contributed by atoms with Gasteiger partial charge in [0.15, 0.2) is 0 Å². The van der Waals surface area contributed by atoms with E-state index in [9.17, 15) is 4.79 Å². The minimum atomic E-state index is -0.252. The summed E-state index contributed by atoms with van der Waals surface area (Å²) < 4.78 is 15.1. The highest BCUT2D eigenvalue weighted by molar-refractivity contribution is 5.99. The van der Waals surface area contributed by atoms with Crippen molar-refractivity contribution in [1.82, 2.24) is 14.9 Å². The van der Waals surface area contributed by atoms with Crippen LogP contribution in [0, 0.1) is 11.7 Å². The van der Waals surface area contributed by atoms with E-state index in [1.807, 2.05) is 38.1 Å². The van der Waals surface area contributed by atoms with Crippen LogP contribution in [0.15, 0.2) is 48.8 Å². The predicted molar refractivity (Wildman–Crippen MR) is 123 cm³/mol. The van der Waals surface area contributed by atoms with E-state index in [-0.39, 0.29) is 17.8 Å². The number of pyridine rings is 2. The van der Waals surface area contributed by atoms with Crippen molar-refractivity contribution < 1.29 is 9.18 Å². The van der Waals surface area contributed by atoms with Crippen LogP contribution in [0.25, 0.3) is 11.1 Å². The third kappa shape index (κ3) is 3.97. The quantitative estimate of drug-likeness (QED) is 0.546. The van der Waals surface area contributed by atoms with Gasteiger partial charge in [-0.2, -0.15) is 0 Å². The second-order valence-corrected chi connectivity index (χ2v) is 8.79. The molecule has 3 aromatic rings. The molecular formula is C26H27FN4O. The first-order valence-electron chi connectivity index (χ1n) is 11.3. The van der Waals surface area contributed by atoms with E-state index in [4.69, 9.17) is 0 Å². The van der Waals surface area contributed by atoms with Gasteiger partial charge >= 0.3 is 0 Å². The summed E-state index contributed by atoms with van der Waals surface area (Å²) in [5, 5.41) is 3.38. The molecule has 0 spiro atoms. The lowest BCUT2D eigenvalue weighted by Crippen LogP contribution is -2.22. The highest BCUT2D eigenvalue weighted by atomic mass is 19.1. The van der Waals surface area contributed by atoms with Crippen LogP contribution < -0.4 is 5.32 Å². The fraction of sp³-hybridized carbons (Fsp3) is 0.346. The Kier molecular flexibility index (Phi) is 5.37. The van der Waals surface area contributed by atoms with Crippen molar-refractivity contribution in [3.05, 3.63) is 77.0 Å². The molecule has 1 atom stereocenters. The Morgan fingerprint density at radius 2 is 1.94 bits per heavy atom. The Morgan fingerprint density at radius 3 is 2.69 bits per heavy atom. The Hall–Kier alpha value is -3.28. The van der Waals surface area contributed by atoms with Gasteiger partial charge in [0, 0.05) is 41.3 Å². The third-order valence-electron chi connectivity index (χ3n) is 6.47. The molecule has 164 valence electrons. The highest BCUT2D eigenvalue weighted by Crippen LogP contribution is 2.34. The van der Waals surface area contributed by atoms with Gasteiger partial charge in [-0.05, 0) is 74.4 Å². The molecule has 32 heavy (non-hydrogen) atoms. The maximum atomic E-state index is 15.1. The molecular weight excluding hydrogens is 403 g/mol. The number of nitrogens with zero attached hydrogens (tertiary/aromatic N) is 3. The molecule has 1 fully saturated rings. The number of anilines is 1. The van der Waals surface area contributed by atoms with E-state index in [0.717, 1.165) is 34.7 Å². The van der Waals surface area contributed by atoms with Crippen LogP contribution in [0.3, 0.4) is 0 Å². The summed E-state index contributed by atoms with van der Waals surface area (Å²) in [5.41, 5.74) is 4.91. The molecule has 0 radical (unpaired) electrons. The molecule has 1 aromatic carbocycles. The molecule has 5 rings (SSSR count). The lowest BCUT2D eigenvalue weighted by molar-refractivity contribution is 0.0787. The molecule has 1 saturated carbocycles. The number of aromatic nitrogens is 2. The average Bonchev–Trinajstić information content (AvgIpc) is 3.55. The van der Waals surface area contributed by atoms with Gasteiger partial charge in [0.05, 0.1) is 12.6 Å². The van der Waals surface area contributed by atoms with Crippen molar-refractivity contribution >= 4 is 11.7 Å². The summed E-state index contributed by atoms with van der Waals surface area (Å²) in [6.45, 7) is 5.15. The largest absolute Gasteiger partial charge is 0.363 e. The normalized spacial score (nSPS) is 16.2. The van der Waals surface area contributed by atoms with E-state index in [1.54, 1.807) is 29.4 Å². The van der Waals surface area contributed by atoms with Crippen molar-refractivity contribution in [1.29, 1.82) is 0 Å². The monoisotopic (exact) mass is 430 g/mol. The maximum Gasteiger partial charge on any atom is 0.254 e. The van der Waals surface area contributed by atoms with Crippen LogP contribution in [0.1, 0.15) is 59.9 Å². The summed E-state index contributed by atoms with van der Waals surface area (Å²) in [5.74, 6) is 1.21. The summed E-state index contributed by atoms with van der Waals surface area (Å²) >= 11 is 0. The molecule has 1 unspecified atom stereocenters. The number of amides is 1. The number of halogens is 1. The van der Waals surface area contributed by atoms with Gasteiger partial charge in [0.25, 0.3) is 5.91 Å². The zero-order valence-electron chi connectivity index (χ0n) is 18.4. The zero-order valence-corrected chi connectivity index (χ0v) is 18.4. The molecule has 1 amide bonds. The number of carbonyl (C=O) groups excluding carboxylic acids is 1. The summed E-state index contributed by atoms with van der Waals surface area (Å²) in [7, 11) is 0. The van der Waals surface area contributed by atoms with Gasteiger partial charge in [-0.25, -0.2) is 9.37 Å². The second-order valence-electron chi connectivity index (χ2n) is 8.79. The minimum Gasteiger partial charge on any atom is -0.363 e. The fourth-order valence-electron chi connectivity index (χ4n) is 4.36. The minimum absolute atomic E-state index is 0.0365. The Morgan fingerprint density at radius 1 is 1.12 bits per heavy atom. The van der Waals surface area contributed by atoms with E-state index in [1.165, 1.54) is 12.8 Å². The van der Waals surface area contributed by atoms with E-state index in [0.29, 0.717) is 30.0 Å². The van der Waals surface area contributed by atoms with Crippen molar-refractivity contribution in [3.8, 4) is 11.1 Å². The van der Waals surface area contributed by atoms with Crippen molar-refractivity contribution in [2.24, 2.45) is 5.92 Å². The number of hydrogen-bond acceptors (Lipinski definition) is 4. The molecule has 1 aliphatic carbocycles. The third-order valence-corrected chi connectivity index (χ3v) is 6.47. The lowest BCUT2D eigenvalue weighted by atomic mass is 10.00. The maximum absolute atomic E-state index is 15.1. The summed E-state index contributed by atoms with van der Waals surface area (Å²) in [6, 6.07) is 10.8. The molecule has 6 heteroatoms. The first kappa shape index (κ1) is 20.6. The molecule has 1 N–H and O–H groups in total. The highest BCUT2D eigenvalue weighted by Gasteiger charge is 2.29. The van der Waals surface area contributed by atoms with Crippen LogP contribution in [0.5, 0.6) is 0 Å². The number of benzene rings is 1. The van der Waals surface area contributed by atoms with Gasteiger partial charge < -0.3 is 10.2 Å². The Labute approximate surface area is 187 Å². The van der Waals surface area contributed by atoms with E-state index in [2.05, 4.69) is 15.3 Å². The predicted octanol–water partition coefficient (Wildman–Crippen LogP) is 5.38. The van der Waals surface area contributed by atoms with E-state index < -0.39 is 0 Å². The number of carbonyl (C=O) groups is 1. The van der Waals surface area contributed by atoms with Gasteiger partial charge in [-0.15, -0.1) is 0 Å². The first-order chi connectivity index (χ1) is 15.5. The number of rotatable bonds is 7. The van der Waals surface area contributed by atoms with Crippen LogP contribution in [0.4, 0.5) is 10.2 Å². The number of fused-ring (bicyclic) bond motifs is 1. The van der Waals surface area contributed by atoms with Crippen LogP contribution in [-0.4, -0.2) is 27.3 Å². The molecule has 0 bridgehead atoms. The SMILES string of the molecule is CCN1Cc2c(ccnc2NC(C)c2ccc(-c3ccnc(CC4CC4)c3)c(F)c2)C1=O. The fourth-order valence-corrected chi connectivity index (χ4v) is 4.36. The zero-order chi connectivity index (χ0) is 22.2. The summed E-state index contributed by atoms with van der Waals surface area (Å²) in [6.07, 6.45) is 6.93. The first-order valence-corrected chi connectivity index (χ1v) is 11.3. The molecule has 3 heterocycles. The van der Waals surface area contributed by atoms with Crippen LogP contribution in [0.2, 0.25) is 0 Å². The van der Waals surface area contributed by atoms with Crippen molar-refractivity contribution in [2.45, 2.75) is 45.7 Å². The van der Waals surface area contributed by atoms with Gasteiger partial charge in [-0.3, -0.25) is 9.78 Å². The number of nitrogens with one attached hydrogen (secondary N) is 1. The van der Waals surface area contributed by atoms with Crippen molar-refractivity contribution in [3.63, 3.8) is 0 Å². The molecule has 0 saturated heterocycles. The van der Waals surface area contributed by atoms with Crippen LogP contribution in [-0.2, 0) is 13.0 Å². The van der Waals surface area contributed by atoms with Gasteiger partial charge in [0.1, 0.15) is 11.6 Å². The molecule has 1 aliphatic heterocycles. The topological polar surface area (TPSA) is 58.1 Å². The number of hydrogen-bond donors (Lipinski definition) is 1. The molecule has 5 nitrogen and oxygen atoms in total. The van der Waals surface area contributed by atoms with Gasteiger partial charge in [-0.1, -0.05) is 12.1 Å². The Balaban J connectivity index is 1.36. The second kappa shape index (κ2) is 8.34. The standard InChI is InChI=1S/C26H27FN4O/c1-3-31-15-23-22(26(31)32)9-11-29-25(23)30-16(2)18-6-7-21(24(27)14-18)19-8-10-28-20(13-19)12-17-4-5-17/h6-11,13-14,16-17H,3-5,12,15H2,1-2H3,(H,29,30). The lowest BCUT2D eigenvalue weighted by Gasteiger charge is -2.18. The van der Waals surface area contributed by atoms with Crippen LogP contribution >= 0.6 is 0 Å². The average molecular weight is 431 g/mol.